The predicted octanol–water partition coefficient (Wildman–Crippen LogP) is 1.56. The highest BCUT2D eigenvalue weighted by molar-refractivity contribution is 7.89. The largest absolute Gasteiger partial charge is 0.455 e. The van der Waals surface area contributed by atoms with E-state index in [1.54, 1.807) is 0 Å². The zero-order valence-electron chi connectivity index (χ0n) is 14.2. The van der Waals surface area contributed by atoms with E-state index in [-0.39, 0.29) is 42.5 Å². The molecule has 26 heavy (non-hydrogen) atoms. The Morgan fingerprint density at radius 2 is 1.73 bits per heavy atom. The third-order valence-corrected chi connectivity index (χ3v) is 6.69. The predicted molar refractivity (Wildman–Crippen MR) is 95.1 cm³/mol. The number of benzene rings is 1. The molecule has 1 aromatic carbocycles. The van der Waals surface area contributed by atoms with Crippen molar-refractivity contribution in [3.8, 4) is 0 Å². The van der Waals surface area contributed by atoms with Gasteiger partial charge in [-0.25, -0.2) is 8.42 Å². The van der Waals surface area contributed by atoms with Crippen LogP contribution in [0.25, 0.3) is 0 Å². The second kappa shape index (κ2) is 7.94. The topological polar surface area (TPSA) is 92.8 Å². The lowest BCUT2D eigenvalue weighted by Crippen LogP contribution is -2.41. The van der Waals surface area contributed by atoms with Gasteiger partial charge in [0, 0.05) is 24.2 Å². The number of halogens is 1. The maximum atomic E-state index is 12.6. The summed E-state index contributed by atoms with van der Waals surface area (Å²) in [6, 6.07) is 6.23. The van der Waals surface area contributed by atoms with E-state index in [1.165, 1.54) is 28.6 Å². The fraction of sp³-hybridized carbons (Fsp3) is 0.529. The number of nitrogens with zero attached hydrogens (tertiary/aromatic N) is 1. The van der Waals surface area contributed by atoms with Crippen LogP contribution in [0.1, 0.15) is 25.7 Å². The van der Waals surface area contributed by atoms with E-state index in [9.17, 15) is 18.0 Å². The first-order chi connectivity index (χ1) is 12.4. The van der Waals surface area contributed by atoms with E-state index >= 15 is 0 Å². The summed E-state index contributed by atoms with van der Waals surface area (Å²) in [5.74, 6) is -1.12. The van der Waals surface area contributed by atoms with Crippen LogP contribution in [0.15, 0.2) is 29.2 Å². The molecule has 1 aromatic rings. The summed E-state index contributed by atoms with van der Waals surface area (Å²) in [6.07, 6.45) is 2.69. The van der Waals surface area contributed by atoms with Crippen LogP contribution in [-0.2, 0) is 24.3 Å². The molecule has 0 bridgehead atoms. The molecular formula is C17H21ClN2O5S. The average Bonchev–Trinajstić information content (AvgIpc) is 3.44. The van der Waals surface area contributed by atoms with Crippen molar-refractivity contribution in [1.82, 2.24) is 9.62 Å². The Morgan fingerprint density at radius 3 is 2.31 bits per heavy atom. The Morgan fingerprint density at radius 1 is 1.12 bits per heavy atom. The van der Waals surface area contributed by atoms with Crippen LogP contribution in [0.2, 0.25) is 5.02 Å². The average molecular weight is 401 g/mol. The van der Waals surface area contributed by atoms with Crippen molar-refractivity contribution in [1.29, 1.82) is 0 Å². The Bertz CT molecular complexity index is 769. The number of hydrogen-bond acceptors (Lipinski definition) is 5. The molecule has 0 radical (unpaired) electrons. The lowest BCUT2D eigenvalue weighted by atomic mass is 9.98. The van der Waals surface area contributed by atoms with Gasteiger partial charge in [-0.15, -0.1) is 0 Å². The van der Waals surface area contributed by atoms with E-state index < -0.39 is 16.0 Å². The summed E-state index contributed by atoms with van der Waals surface area (Å²) >= 11 is 5.80. The van der Waals surface area contributed by atoms with Crippen LogP contribution in [0.3, 0.4) is 0 Å². The van der Waals surface area contributed by atoms with Crippen molar-refractivity contribution in [2.24, 2.45) is 5.92 Å². The molecular weight excluding hydrogens is 380 g/mol. The Kier molecular flexibility index (Phi) is 5.84. The van der Waals surface area contributed by atoms with Gasteiger partial charge in [-0.2, -0.15) is 4.31 Å². The van der Waals surface area contributed by atoms with Gasteiger partial charge in [-0.1, -0.05) is 11.6 Å². The number of ether oxygens (including phenoxy) is 1. The van der Waals surface area contributed by atoms with Gasteiger partial charge in [0.25, 0.3) is 5.91 Å². The van der Waals surface area contributed by atoms with Crippen molar-refractivity contribution in [3.05, 3.63) is 29.3 Å². The summed E-state index contributed by atoms with van der Waals surface area (Å²) in [6.45, 7) is 0.191. The molecule has 9 heteroatoms. The van der Waals surface area contributed by atoms with Crippen molar-refractivity contribution >= 4 is 33.5 Å². The van der Waals surface area contributed by atoms with E-state index in [4.69, 9.17) is 16.3 Å². The molecule has 3 rings (SSSR count). The highest BCUT2D eigenvalue weighted by Gasteiger charge is 2.33. The molecule has 7 nitrogen and oxygen atoms in total. The minimum absolute atomic E-state index is 0.180. The number of sulfonamides is 1. The molecule has 1 amide bonds. The monoisotopic (exact) mass is 400 g/mol. The molecule has 1 aliphatic carbocycles. The standard InChI is InChI=1S/C17H21ClN2O5S/c18-13-1-5-15(6-2-13)26(23,24)20-9-7-12(8-10-20)17(22)25-11-16(21)19-14-3-4-14/h1-2,5-6,12,14H,3-4,7-11H2,(H,19,21). The van der Waals surface area contributed by atoms with Gasteiger partial charge >= 0.3 is 5.97 Å². The summed E-state index contributed by atoms with van der Waals surface area (Å²) < 4.78 is 31.6. The summed E-state index contributed by atoms with van der Waals surface area (Å²) in [5, 5.41) is 3.22. The smallest absolute Gasteiger partial charge is 0.309 e. The maximum Gasteiger partial charge on any atom is 0.309 e. The van der Waals surface area contributed by atoms with E-state index in [0.717, 1.165) is 12.8 Å². The number of rotatable bonds is 6. The SMILES string of the molecule is O=C(COC(=O)C1CCN(S(=O)(=O)c2ccc(Cl)cc2)CC1)NC1CC1. The molecule has 142 valence electrons. The highest BCUT2D eigenvalue weighted by Crippen LogP contribution is 2.25. The molecule has 1 heterocycles. The molecule has 1 saturated carbocycles. The van der Waals surface area contributed by atoms with E-state index in [0.29, 0.717) is 17.9 Å². The second-order valence-electron chi connectivity index (χ2n) is 6.58. The van der Waals surface area contributed by atoms with Gasteiger partial charge in [-0.05, 0) is 49.9 Å². The van der Waals surface area contributed by atoms with Crippen LogP contribution in [0.4, 0.5) is 0 Å². The van der Waals surface area contributed by atoms with Gasteiger partial charge < -0.3 is 10.1 Å². The van der Waals surface area contributed by atoms with Gasteiger partial charge in [0.2, 0.25) is 10.0 Å². The molecule has 0 unspecified atom stereocenters. The number of amides is 1. The number of carbonyl (C=O) groups excluding carboxylic acids is 2. The zero-order valence-corrected chi connectivity index (χ0v) is 15.8. The first-order valence-corrected chi connectivity index (χ1v) is 10.4. The minimum atomic E-state index is -3.60. The third-order valence-electron chi connectivity index (χ3n) is 4.53. The van der Waals surface area contributed by atoms with Crippen molar-refractivity contribution in [3.63, 3.8) is 0 Å². The quantitative estimate of drug-likeness (QED) is 0.731. The summed E-state index contributed by atoms with van der Waals surface area (Å²) in [4.78, 5) is 23.8. The number of hydrogen-bond donors (Lipinski definition) is 1. The highest BCUT2D eigenvalue weighted by atomic mass is 35.5. The second-order valence-corrected chi connectivity index (χ2v) is 8.96. The van der Waals surface area contributed by atoms with Crippen LogP contribution >= 0.6 is 11.6 Å². The van der Waals surface area contributed by atoms with Crippen LogP contribution in [0.5, 0.6) is 0 Å². The maximum absolute atomic E-state index is 12.6. The van der Waals surface area contributed by atoms with Crippen molar-refractivity contribution in [2.75, 3.05) is 19.7 Å². The van der Waals surface area contributed by atoms with Gasteiger partial charge in [0.1, 0.15) is 0 Å². The number of piperidine rings is 1. The molecule has 0 aromatic heterocycles. The fourth-order valence-electron chi connectivity index (χ4n) is 2.84. The first-order valence-electron chi connectivity index (χ1n) is 8.58. The molecule has 0 atom stereocenters. The normalized spacial score (nSPS) is 19.1. The Hall–Kier alpha value is -1.64. The third kappa shape index (κ3) is 4.75. The Labute approximate surface area is 157 Å². The molecule has 0 spiro atoms. The molecule has 1 saturated heterocycles. The summed E-state index contributed by atoms with van der Waals surface area (Å²) in [7, 11) is -3.60. The van der Waals surface area contributed by atoms with Crippen molar-refractivity contribution < 1.29 is 22.7 Å². The van der Waals surface area contributed by atoms with E-state index in [1.807, 2.05) is 0 Å². The zero-order chi connectivity index (χ0) is 18.7. The van der Waals surface area contributed by atoms with Gasteiger partial charge in [-0.3, -0.25) is 9.59 Å². The fourth-order valence-corrected chi connectivity index (χ4v) is 4.43. The molecule has 2 aliphatic rings. The van der Waals surface area contributed by atoms with E-state index in [2.05, 4.69) is 5.32 Å². The summed E-state index contributed by atoms with van der Waals surface area (Å²) in [5.41, 5.74) is 0. The van der Waals surface area contributed by atoms with Crippen LogP contribution in [0, 0.1) is 5.92 Å². The number of carbonyl (C=O) groups is 2. The van der Waals surface area contributed by atoms with Crippen molar-refractivity contribution in [2.45, 2.75) is 36.6 Å². The minimum Gasteiger partial charge on any atom is -0.455 e. The van der Waals surface area contributed by atoms with Crippen LogP contribution < -0.4 is 5.32 Å². The molecule has 2 fully saturated rings. The molecule has 1 aliphatic heterocycles. The molecule has 1 N–H and O–H groups in total. The van der Waals surface area contributed by atoms with Crippen LogP contribution in [-0.4, -0.2) is 50.3 Å². The number of esters is 1. The lowest BCUT2D eigenvalue weighted by molar-refractivity contribution is -0.153. The first kappa shape index (κ1) is 19.1. The van der Waals surface area contributed by atoms with Gasteiger partial charge in [0.15, 0.2) is 6.61 Å². The van der Waals surface area contributed by atoms with Gasteiger partial charge in [0.05, 0.1) is 10.8 Å². The lowest BCUT2D eigenvalue weighted by Gasteiger charge is -2.30. The number of nitrogens with one attached hydrogen (secondary N) is 1. The Balaban J connectivity index is 1.49.